The van der Waals surface area contributed by atoms with Crippen LogP contribution in [0.4, 0.5) is 0 Å². The van der Waals surface area contributed by atoms with Crippen LogP contribution in [0.2, 0.25) is 0 Å². The summed E-state index contributed by atoms with van der Waals surface area (Å²) < 4.78 is 5.16. The van der Waals surface area contributed by atoms with Crippen LogP contribution in [0.5, 0.6) is 0 Å². The number of hydrogen-bond donors (Lipinski definition) is 1. The Bertz CT molecular complexity index is 255. The molecule has 1 aliphatic rings. The number of carbonyl (C=O) groups excluding carboxylic acids is 1. The number of nitrogens with two attached hydrogens (primary N) is 1. The Morgan fingerprint density at radius 1 is 1.39 bits per heavy atom. The highest BCUT2D eigenvalue weighted by Gasteiger charge is 2.26. The zero-order chi connectivity index (χ0) is 12.9. The zero-order valence-corrected chi connectivity index (χ0v) is 12.6. The van der Waals surface area contributed by atoms with Crippen LogP contribution in [-0.2, 0) is 9.53 Å². The molecule has 1 rings (SSSR count). The smallest absolute Gasteiger partial charge is 0.225 e. The second-order valence-corrected chi connectivity index (χ2v) is 5.70. The highest BCUT2D eigenvalue weighted by atomic mass is 35.5. The van der Waals surface area contributed by atoms with Gasteiger partial charge in [-0.1, -0.05) is 13.8 Å². The average molecular weight is 279 g/mol. The van der Waals surface area contributed by atoms with E-state index in [1.165, 1.54) is 6.42 Å². The van der Waals surface area contributed by atoms with E-state index in [0.29, 0.717) is 18.4 Å². The minimum absolute atomic E-state index is 0. The molecule has 0 saturated carbocycles. The molecule has 4 nitrogen and oxygen atoms in total. The lowest BCUT2D eigenvalue weighted by atomic mass is 9.85. The molecule has 108 valence electrons. The fourth-order valence-corrected chi connectivity index (χ4v) is 2.26. The van der Waals surface area contributed by atoms with Gasteiger partial charge in [-0.05, 0) is 24.7 Å². The van der Waals surface area contributed by atoms with E-state index in [0.717, 1.165) is 25.9 Å². The van der Waals surface area contributed by atoms with Crippen molar-refractivity contribution < 1.29 is 9.53 Å². The van der Waals surface area contributed by atoms with Gasteiger partial charge in [-0.2, -0.15) is 0 Å². The van der Waals surface area contributed by atoms with E-state index >= 15 is 0 Å². The highest BCUT2D eigenvalue weighted by Crippen LogP contribution is 2.29. The van der Waals surface area contributed by atoms with Crippen LogP contribution in [0.1, 0.15) is 39.5 Å². The number of ether oxygens (including phenoxy) is 1. The molecular formula is C13H27ClN2O2. The van der Waals surface area contributed by atoms with Gasteiger partial charge in [-0.25, -0.2) is 0 Å². The topological polar surface area (TPSA) is 55.6 Å². The summed E-state index contributed by atoms with van der Waals surface area (Å²) in [4.78, 5) is 14.0. The molecule has 1 fully saturated rings. The van der Waals surface area contributed by atoms with Gasteiger partial charge in [0.25, 0.3) is 0 Å². The van der Waals surface area contributed by atoms with Gasteiger partial charge in [-0.3, -0.25) is 4.79 Å². The number of nitrogens with zero attached hydrogens (tertiary/aromatic N) is 1. The van der Waals surface area contributed by atoms with Crippen molar-refractivity contribution >= 4 is 18.3 Å². The molecule has 1 heterocycles. The summed E-state index contributed by atoms with van der Waals surface area (Å²) in [7, 11) is 1.61. The molecule has 0 aromatic heterocycles. The fraction of sp³-hybridized carbons (Fsp3) is 0.923. The van der Waals surface area contributed by atoms with Crippen LogP contribution in [-0.4, -0.2) is 43.7 Å². The lowest BCUT2D eigenvalue weighted by Gasteiger charge is -2.24. The molecule has 0 aromatic rings. The Kier molecular flexibility index (Phi) is 7.83. The van der Waals surface area contributed by atoms with E-state index in [-0.39, 0.29) is 24.4 Å². The molecule has 0 spiro atoms. The first-order valence-electron chi connectivity index (χ1n) is 6.49. The first-order chi connectivity index (χ1) is 7.98. The summed E-state index contributed by atoms with van der Waals surface area (Å²) in [5.41, 5.74) is 5.90. The fourth-order valence-electron chi connectivity index (χ4n) is 2.26. The van der Waals surface area contributed by atoms with Crippen molar-refractivity contribution in [1.82, 2.24) is 4.90 Å². The summed E-state index contributed by atoms with van der Waals surface area (Å²) in [6.07, 6.45) is 3.64. The van der Waals surface area contributed by atoms with Gasteiger partial charge in [-0.15, -0.1) is 12.4 Å². The molecule has 18 heavy (non-hydrogen) atoms. The largest absolute Gasteiger partial charge is 0.380 e. The third kappa shape index (κ3) is 5.55. The normalized spacial score (nSPS) is 20.8. The van der Waals surface area contributed by atoms with Crippen LogP contribution in [0.15, 0.2) is 0 Å². The summed E-state index contributed by atoms with van der Waals surface area (Å²) in [6.45, 7) is 6.70. The summed E-state index contributed by atoms with van der Waals surface area (Å²) in [6, 6.07) is 0. The van der Waals surface area contributed by atoms with Crippen molar-refractivity contribution in [3.05, 3.63) is 0 Å². The monoisotopic (exact) mass is 278 g/mol. The van der Waals surface area contributed by atoms with E-state index in [2.05, 4.69) is 13.8 Å². The van der Waals surface area contributed by atoms with Crippen LogP contribution < -0.4 is 5.73 Å². The average Bonchev–Trinajstić information content (AvgIpc) is 2.46. The molecule has 0 aliphatic carbocycles. The van der Waals surface area contributed by atoms with E-state index in [1.54, 1.807) is 7.11 Å². The lowest BCUT2D eigenvalue weighted by molar-refractivity contribution is -0.133. The van der Waals surface area contributed by atoms with Crippen LogP contribution in [0.25, 0.3) is 0 Å². The van der Waals surface area contributed by atoms with Crippen molar-refractivity contribution in [1.29, 1.82) is 0 Å². The minimum atomic E-state index is -0.140. The standard InChI is InChI=1S/C13H26N2O2.ClH/c1-13(2)5-4-7-15(8-6-13)12(16)9-11(10-14)17-3;/h11H,4-10,14H2,1-3H3;1H. The van der Waals surface area contributed by atoms with Crippen molar-refractivity contribution in [2.45, 2.75) is 45.6 Å². The predicted molar refractivity (Wildman–Crippen MR) is 75.9 cm³/mol. The maximum absolute atomic E-state index is 12.1. The van der Waals surface area contributed by atoms with Gasteiger partial charge in [0.05, 0.1) is 12.5 Å². The summed E-state index contributed by atoms with van der Waals surface area (Å²) in [5.74, 6) is 0.181. The molecule has 1 saturated heterocycles. The molecular weight excluding hydrogens is 252 g/mol. The highest BCUT2D eigenvalue weighted by molar-refractivity contribution is 5.85. The Balaban J connectivity index is 0.00000289. The molecule has 0 aromatic carbocycles. The number of hydrogen-bond acceptors (Lipinski definition) is 3. The van der Waals surface area contributed by atoms with Crippen LogP contribution >= 0.6 is 12.4 Å². The van der Waals surface area contributed by atoms with E-state index < -0.39 is 0 Å². The molecule has 5 heteroatoms. The zero-order valence-electron chi connectivity index (χ0n) is 11.8. The molecule has 1 atom stereocenters. The number of likely N-dealkylation sites (tertiary alicyclic amines) is 1. The van der Waals surface area contributed by atoms with Gasteiger partial charge >= 0.3 is 0 Å². The van der Waals surface area contributed by atoms with Crippen molar-refractivity contribution in [3.63, 3.8) is 0 Å². The van der Waals surface area contributed by atoms with Crippen molar-refractivity contribution in [2.75, 3.05) is 26.7 Å². The minimum Gasteiger partial charge on any atom is -0.380 e. The summed E-state index contributed by atoms with van der Waals surface area (Å²) >= 11 is 0. The Morgan fingerprint density at radius 3 is 2.61 bits per heavy atom. The van der Waals surface area contributed by atoms with Gasteiger partial charge < -0.3 is 15.4 Å². The van der Waals surface area contributed by atoms with E-state index in [4.69, 9.17) is 10.5 Å². The molecule has 0 bridgehead atoms. The maximum Gasteiger partial charge on any atom is 0.225 e. The maximum atomic E-state index is 12.1. The van der Waals surface area contributed by atoms with Gasteiger partial charge in [0.2, 0.25) is 5.91 Å². The number of carbonyl (C=O) groups is 1. The molecule has 1 unspecified atom stereocenters. The summed E-state index contributed by atoms with van der Waals surface area (Å²) in [5, 5.41) is 0. The lowest BCUT2D eigenvalue weighted by Crippen LogP contribution is -2.36. The van der Waals surface area contributed by atoms with Crippen LogP contribution in [0.3, 0.4) is 0 Å². The van der Waals surface area contributed by atoms with Crippen LogP contribution in [0, 0.1) is 5.41 Å². The quantitative estimate of drug-likeness (QED) is 0.853. The molecule has 1 amide bonds. The number of halogens is 1. The van der Waals surface area contributed by atoms with Gasteiger partial charge in [0.15, 0.2) is 0 Å². The Morgan fingerprint density at radius 2 is 2.06 bits per heavy atom. The third-order valence-electron chi connectivity index (χ3n) is 3.69. The van der Waals surface area contributed by atoms with Gasteiger partial charge in [0.1, 0.15) is 0 Å². The molecule has 2 N–H and O–H groups in total. The first-order valence-corrected chi connectivity index (χ1v) is 6.49. The second-order valence-electron chi connectivity index (χ2n) is 5.70. The van der Waals surface area contributed by atoms with E-state index in [1.807, 2.05) is 4.90 Å². The number of rotatable bonds is 4. The van der Waals surface area contributed by atoms with Crippen molar-refractivity contribution in [3.8, 4) is 0 Å². The Hall–Kier alpha value is -0.320. The van der Waals surface area contributed by atoms with Crippen molar-refractivity contribution in [2.24, 2.45) is 11.1 Å². The SMILES string of the molecule is COC(CN)CC(=O)N1CCCC(C)(C)CC1.Cl. The third-order valence-corrected chi connectivity index (χ3v) is 3.69. The molecule has 0 radical (unpaired) electrons. The first kappa shape index (κ1) is 17.7. The number of amides is 1. The Labute approximate surface area is 117 Å². The van der Waals surface area contributed by atoms with E-state index in [9.17, 15) is 4.79 Å². The molecule has 1 aliphatic heterocycles. The predicted octanol–water partition coefficient (Wildman–Crippen LogP) is 1.81. The number of methoxy groups -OCH3 is 1. The second kappa shape index (κ2) is 7.97. The van der Waals surface area contributed by atoms with Gasteiger partial charge in [0, 0.05) is 26.7 Å².